The summed E-state index contributed by atoms with van der Waals surface area (Å²) in [5, 5.41) is 7.59. The van der Waals surface area contributed by atoms with Crippen molar-refractivity contribution < 1.29 is 0 Å². The van der Waals surface area contributed by atoms with Crippen LogP contribution < -0.4 is 0 Å². The summed E-state index contributed by atoms with van der Waals surface area (Å²) in [6, 6.07) is 107. The van der Waals surface area contributed by atoms with Crippen molar-refractivity contribution in [3.05, 3.63) is 353 Å². The first-order valence-corrected chi connectivity index (χ1v) is 36.0. The van der Waals surface area contributed by atoms with Crippen molar-refractivity contribution in [3.8, 4) is 122 Å². The highest BCUT2D eigenvalue weighted by Crippen LogP contribution is 2.46. The van der Waals surface area contributed by atoms with E-state index < -0.39 is 0 Å². The number of nitrogens with zero attached hydrogens (tertiary/aromatic N) is 10. The first-order chi connectivity index (χ1) is 51.5. The Morgan fingerprint density at radius 3 is 1.08 bits per heavy atom. The van der Waals surface area contributed by atoms with Crippen LogP contribution in [0.15, 0.2) is 353 Å². The summed E-state index contributed by atoms with van der Waals surface area (Å²) < 4.78 is 7.37. The topological polar surface area (TPSA) is 113 Å². The van der Waals surface area contributed by atoms with Gasteiger partial charge >= 0.3 is 0 Å². The van der Waals surface area contributed by atoms with E-state index >= 15 is 0 Å². The summed E-state index contributed by atoms with van der Waals surface area (Å²) in [6.45, 7) is 0. The molecule has 0 amide bonds. The molecule has 0 aliphatic heterocycles. The number of fused-ring (bicyclic) bond motifs is 10. The number of rotatable bonds is 12. The van der Waals surface area contributed by atoms with Crippen LogP contribution in [0.4, 0.5) is 0 Å². The quantitative estimate of drug-likeness (QED) is 0.119. The molecule has 12 heteroatoms. The summed E-state index contributed by atoms with van der Waals surface area (Å²) in [5.74, 6) is 1.80. The summed E-state index contributed by atoms with van der Waals surface area (Å²) in [6.07, 6.45) is 14.4. The highest BCUT2D eigenvalue weighted by atomic mass is 32.1. The van der Waals surface area contributed by atoms with E-state index in [4.69, 9.17) is 19.9 Å². The summed E-state index contributed by atoms with van der Waals surface area (Å²) in [7, 11) is 0. The first-order valence-electron chi connectivity index (χ1n) is 34.4. The predicted octanol–water partition coefficient (Wildman–Crippen LogP) is 23.8. The van der Waals surface area contributed by atoms with Crippen LogP contribution in [0, 0.1) is 0 Å². The fraction of sp³-hybridized carbons (Fsp3) is 0. The van der Waals surface area contributed by atoms with Crippen molar-refractivity contribution in [2.75, 3.05) is 0 Å². The zero-order chi connectivity index (χ0) is 68.9. The molecule has 488 valence electrons. The summed E-state index contributed by atoms with van der Waals surface area (Å²) >= 11 is 3.73. The molecule has 20 rings (SSSR count). The normalized spacial score (nSPS) is 11.5. The van der Waals surface area contributed by atoms with Gasteiger partial charge in [-0.2, -0.15) is 0 Å². The van der Waals surface area contributed by atoms with Gasteiger partial charge in [-0.1, -0.05) is 182 Å². The molecule has 10 aromatic heterocycles. The molecule has 0 bridgehead atoms. The molecular formula is C92H58N10S2. The zero-order valence-corrected chi connectivity index (χ0v) is 57.4. The molecule has 0 saturated carbocycles. The minimum absolute atomic E-state index is 0.595. The maximum Gasteiger partial charge on any atom is 0.164 e. The lowest BCUT2D eigenvalue weighted by Crippen LogP contribution is -2.01. The van der Waals surface area contributed by atoms with E-state index in [2.05, 4.69) is 284 Å². The standard InChI is InChI=1S/C47H30N4S.C45H28N6S/c1-2-6-36(7-3-1)45-30-37-16-19-44-46(47(37)52-45)40-8-4-5-9-43(40)51(44)39-17-14-34(15-18-39)41-28-38(29-42(50-41)35-22-26-49-27-23-35)32-12-10-31(11-13-32)33-20-24-48-25-21-33;1-2-7-31(8-3-1)40-28-34-17-18-39-41(42(34)52-40)37-11-4-5-12-38(37)51(39)36-10-6-9-35(27-36)45-49-43(48-44(50-45)33-21-25-47-26-22-33)32-15-13-29(14-16-32)30-19-23-46-24-20-30/h1-30H;1-28H. The van der Waals surface area contributed by atoms with Crippen LogP contribution in [0.25, 0.3) is 186 Å². The van der Waals surface area contributed by atoms with Gasteiger partial charge in [-0.05, 0) is 177 Å². The van der Waals surface area contributed by atoms with Crippen molar-refractivity contribution >= 4 is 86.5 Å². The molecule has 0 saturated heterocycles. The number of pyridine rings is 5. The fourth-order valence-electron chi connectivity index (χ4n) is 14.2. The Bertz CT molecular complexity index is 6540. The number of benzene rings is 10. The molecule has 0 atom stereocenters. The number of hydrogen-bond acceptors (Lipinski definition) is 10. The second kappa shape index (κ2) is 26.5. The van der Waals surface area contributed by atoms with Crippen molar-refractivity contribution in [2.45, 2.75) is 0 Å². The molecule has 10 heterocycles. The van der Waals surface area contributed by atoms with Gasteiger partial charge in [-0.15, -0.1) is 22.7 Å². The minimum atomic E-state index is 0.595. The van der Waals surface area contributed by atoms with Gasteiger partial charge in [-0.25, -0.2) is 19.9 Å². The smallest absolute Gasteiger partial charge is 0.164 e. The molecule has 0 fully saturated rings. The van der Waals surface area contributed by atoms with Gasteiger partial charge < -0.3 is 9.13 Å². The second-order valence-corrected chi connectivity index (χ2v) is 27.6. The van der Waals surface area contributed by atoms with Crippen molar-refractivity contribution in [2.24, 2.45) is 0 Å². The zero-order valence-electron chi connectivity index (χ0n) is 55.8. The Kier molecular flexibility index (Phi) is 15.7. The van der Waals surface area contributed by atoms with Gasteiger partial charge in [0.05, 0.1) is 33.5 Å². The SMILES string of the molecule is c1ccc(-c2cc3ccc4c(c5ccccc5n4-c4ccc(-c5cc(-c6ccc(-c7ccncc7)cc6)cc(-c6ccncc6)n5)cc4)c3s2)cc1.c1ccc(-c2cc3ccc4c(c5ccccc5n4-c4cccc(-c5nc(-c6ccncc6)nc(-c6ccc(-c7ccncc7)cc6)n5)c4)c3s2)cc1. The molecule has 0 spiro atoms. The Morgan fingerprint density at radius 2 is 0.587 bits per heavy atom. The van der Waals surface area contributed by atoms with Crippen LogP contribution in [0.5, 0.6) is 0 Å². The van der Waals surface area contributed by atoms with E-state index in [1.165, 1.54) is 73.6 Å². The molecule has 20 aromatic rings. The van der Waals surface area contributed by atoms with Crippen LogP contribution in [0.1, 0.15) is 0 Å². The summed E-state index contributed by atoms with van der Waals surface area (Å²) in [4.78, 5) is 39.6. The largest absolute Gasteiger partial charge is 0.309 e. The lowest BCUT2D eigenvalue weighted by Gasteiger charge is -2.12. The van der Waals surface area contributed by atoms with Crippen LogP contribution in [0.2, 0.25) is 0 Å². The predicted molar refractivity (Wildman–Crippen MR) is 429 cm³/mol. The van der Waals surface area contributed by atoms with E-state index in [1.54, 1.807) is 24.8 Å². The molecule has 0 radical (unpaired) electrons. The van der Waals surface area contributed by atoms with Gasteiger partial charge in [0.1, 0.15) is 0 Å². The van der Waals surface area contributed by atoms with E-state index in [0.29, 0.717) is 17.5 Å². The van der Waals surface area contributed by atoms with Crippen molar-refractivity contribution in [1.82, 2.24) is 49.0 Å². The maximum absolute atomic E-state index is 5.18. The highest BCUT2D eigenvalue weighted by Gasteiger charge is 2.22. The maximum atomic E-state index is 5.18. The lowest BCUT2D eigenvalue weighted by atomic mass is 9.98. The minimum Gasteiger partial charge on any atom is -0.309 e. The van der Waals surface area contributed by atoms with E-state index in [9.17, 15) is 0 Å². The van der Waals surface area contributed by atoms with Crippen LogP contribution in [0.3, 0.4) is 0 Å². The summed E-state index contributed by atoms with van der Waals surface area (Å²) in [5.41, 5.74) is 22.7. The molecule has 10 nitrogen and oxygen atoms in total. The Morgan fingerprint density at radius 1 is 0.221 bits per heavy atom. The number of hydrogen-bond donors (Lipinski definition) is 0. The monoisotopic (exact) mass is 1370 g/mol. The molecule has 0 unspecified atom stereocenters. The third-order valence-electron chi connectivity index (χ3n) is 19.3. The molecule has 0 aliphatic rings. The molecule has 10 aromatic carbocycles. The number of thiophene rings is 2. The third-order valence-corrected chi connectivity index (χ3v) is 21.7. The van der Waals surface area contributed by atoms with Crippen LogP contribution >= 0.6 is 22.7 Å². The second-order valence-electron chi connectivity index (χ2n) is 25.5. The molecule has 104 heavy (non-hydrogen) atoms. The van der Waals surface area contributed by atoms with E-state index in [0.717, 1.165) is 95.0 Å². The average Bonchev–Trinajstić information content (AvgIpc) is 1.57. The number of aromatic nitrogens is 10. The average molecular weight is 1370 g/mol. The van der Waals surface area contributed by atoms with E-state index in [-0.39, 0.29) is 0 Å². The Labute approximate surface area is 606 Å². The van der Waals surface area contributed by atoms with Gasteiger partial charge in [0.25, 0.3) is 0 Å². The van der Waals surface area contributed by atoms with Gasteiger partial charge in [0.15, 0.2) is 17.5 Å². The Balaban J connectivity index is 0.000000143. The van der Waals surface area contributed by atoms with Crippen molar-refractivity contribution in [3.63, 3.8) is 0 Å². The van der Waals surface area contributed by atoms with E-state index in [1.807, 2.05) is 96.0 Å². The van der Waals surface area contributed by atoms with Gasteiger partial charge in [0.2, 0.25) is 0 Å². The highest BCUT2D eigenvalue weighted by molar-refractivity contribution is 7.23. The van der Waals surface area contributed by atoms with Crippen molar-refractivity contribution in [1.29, 1.82) is 0 Å². The molecular weight excluding hydrogens is 1310 g/mol. The molecule has 0 aliphatic carbocycles. The van der Waals surface area contributed by atoms with Gasteiger partial charge in [0, 0.05) is 129 Å². The fourth-order valence-corrected chi connectivity index (χ4v) is 16.7. The lowest BCUT2D eigenvalue weighted by molar-refractivity contribution is 1.07. The van der Waals surface area contributed by atoms with Gasteiger partial charge in [-0.3, -0.25) is 19.9 Å². The first kappa shape index (κ1) is 61.6. The molecule has 0 N–H and O–H groups in total. The van der Waals surface area contributed by atoms with Crippen LogP contribution in [-0.4, -0.2) is 49.0 Å². The Hall–Kier alpha value is -13.5. The number of para-hydroxylation sites is 2. The third kappa shape index (κ3) is 11.5. The van der Waals surface area contributed by atoms with Crippen LogP contribution in [-0.2, 0) is 0 Å².